The third-order valence-corrected chi connectivity index (χ3v) is 3.60. The van der Waals surface area contributed by atoms with Gasteiger partial charge in [0.05, 0.1) is 0 Å². The summed E-state index contributed by atoms with van der Waals surface area (Å²) >= 11 is 1.58. The van der Waals surface area contributed by atoms with Gasteiger partial charge >= 0.3 is 0 Å². The van der Waals surface area contributed by atoms with Crippen molar-refractivity contribution in [1.29, 1.82) is 0 Å². The van der Waals surface area contributed by atoms with E-state index < -0.39 is 0 Å². The minimum absolute atomic E-state index is 0.161. The molecule has 0 spiro atoms. The molecule has 2 N–H and O–H groups in total. The molecule has 0 aliphatic rings. The van der Waals surface area contributed by atoms with Gasteiger partial charge in [-0.3, -0.25) is 0 Å². The van der Waals surface area contributed by atoms with Crippen molar-refractivity contribution in [2.45, 2.75) is 39.7 Å². The summed E-state index contributed by atoms with van der Waals surface area (Å²) in [5, 5.41) is 13.7. The number of hydrogen-bond acceptors (Lipinski definition) is 5. The molecule has 2 aromatic heterocycles. The molecule has 0 aromatic carbocycles. The Morgan fingerprint density at radius 3 is 2.75 bits per heavy atom. The molecule has 0 saturated carbocycles. The van der Waals surface area contributed by atoms with Gasteiger partial charge in [0, 0.05) is 18.9 Å². The topological polar surface area (TPSA) is 69.1 Å². The molecule has 0 bridgehead atoms. The van der Waals surface area contributed by atoms with Crippen LogP contribution >= 0.6 is 11.3 Å². The summed E-state index contributed by atoms with van der Waals surface area (Å²) in [6.07, 6.45) is 1.66. The van der Waals surface area contributed by atoms with Crippen LogP contribution in [0, 0.1) is 5.92 Å². The Morgan fingerprint density at radius 2 is 2.12 bits per heavy atom. The number of hydrogen-bond donors (Lipinski definition) is 1. The van der Waals surface area contributed by atoms with Gasteiger partial charge in [-0.25, -0.2) is 0 Å². The predicted octanol–water partition coefficient (Wildman–Crippen LogP) is 1.27. The van der Waals surface area contributed by atoms with Crippen LogP contribution in [0.5, 0.6) is 0 Å². The SMILES string of the molecule is CCc1nnc2sc(CC(N)C(C)C)nn12. The number of nitrogens with zero attached hydrogens (tertiary/aromatic N) is 4. The summed E-state index contributed by atoms with van der Waals surface area (Å²) < 4.78 is 1.83. The molecule has 2 aromatic rings. The largest absolute Gasteiger partial charge is 0.327 e. The summed E-state index contributed by atoms with van der Waals surface area (Å²) in [6, 6.07) is 0.161. The van der Waals surface area contributed by atoms with Crippen LogP contribution in [0.2, 0.25) is 0 Å². The van der Waals surface area contributed by atoms with Crippen LogP contribution in [0.4, 0.5) is 0 Å². The summed E-state index contributed by atoms with van der Waals surface area (Å²) in [5.41, 5.74) is 6.03. The molecular formula is C10H17N5S. The summed E-state index contributed by atoms with van der Waals surface area (Å²) in [7, 11) is 0. The van der Waals surface area contributed by atoms with Crippen LogP contribution < -0.4 is 5.73 Å². The van der Waals surface area contributed by atoms with Crippen molar-refractivity contribution in [2.75, 3.05) is 0 Å². The van der Waals surface area contributed by atoms with Gasteiger partial charge in [0.25, 0.3) is 0 Å². The van der Waals surface area contributed by atoms with Crippen molar-refractivity contribution >= 4 is 16.3 Å². The highest BCUT2D eigenvalue weighted by Gasteiger charge is 2.14. The Labute approximate surface area is 98.7 Å². The van der Waals surface area contributed by atoms with Gasteiger partial charge in [0.1, 0.15) is 5.01 Å². The molecule has 0 aliphatic carbocycles. The second kappa shape index (κ2) is 4.47. The smallest absolute Gasteiger partial charge is 0.234 e. The molecule has 0 saturated heterocycles. The first kappa shape index (κ1) is 11.5. The van der Waals surface area contributed by atoms with E-state index in [-0.39, 0.29) is 6.04 Å². The highest BCUT2D eigenvalue weighted by Crippen LogP contribution is 2.17. The van der Waals surface area contributed by atoms with E-state index in [9.17, 15) is 0 Å². The molecule has 0 amide bonds. The molecule has 16 heavy (non-hydrogen) atoms. The summed E-state index contributed by atoms with van der Waals surface area (Å²) in [4.78, 5) is 0.864. The van der Waals surface area contributed by atoms with Crippen LogP contribution in [-0.4, -0.2) is 25.9 Å². The van der Waals surface area contributed by atoms with E-state index in [0.717, 1.165) is 28.6 Å². The molecule has 1 atom stereocenters. The van der Waals surface area contributed by atoms with E-state index in [1.165, 1.54) is 0 Å². The van der Waals surface area contributed by atoms with Gasteiger partial charge in [0.2, 0.25) is 4.96 Å². The Morgan fingerprint density at radius 1 is 1.38 bits per heavy atom. The fraction of sp³-hybridized carbons (Fsp3) is 0.700. The Bertz CT molecular complexity index is 472. The lowest BCUT2D eigenvalue weighted by molar-refractivity contribution is 0.488. The van der Waals surface area contributed by atoms with Crippen LogP contribution in [-0.2, 0) is 12.8 Å². The summed E-state index contributed by atoms with van der Waals surface area (Å²) in [6.45, 7) is 6.31. The summed E-state index contributed by atoms with van der Waals surface area (Å²) in [5.74, 6) is 1.38. The van der Waals surface area contributed by atoms with Crippen molar-refractivity contribution < 1.29 is 0 Å². The fourth-order valence-corrected chi connectivity index (χ4v) is 2.36. The Balaban J connectivity index is 2.23. The van der Waals surface area contributed by atoms with E-state index in [1.54, 1.807) is 11.3 Å². The number of rotatable bonds is 4. The highest BCUT2D eigenvalue weighted by atomic mass is 32.1. The molecule has 1 unspecified atom stereocenters. The van der Waals surface area contributed by atoms with E-state index in [0.29, 0.717) is 5.92 Å². The van der Waals surface area contributed by atoms with E-state index in [4.69, 9.17) is 5.73 Å². The molecule has 2 heterocycles. The average Bonchev–Trinajstić information content (AvgIpc) is 2.76. The van der Waals surface area contributed by atoms with Crippen LogP contribution in [0.15, 0.2) is 0 Å². The molecule has 88 valence electrons. The molecular weight excluding hydrogens is 222 g/mol. The third-order valence-electron chi connectivity index (χ3n) is 2.68. The maximum absolute atomic E-state index is 6.03. The molecule has 2 rings (SSSR count). The zero-order valence-electron chi connectivity index (χ0n) is 9.84. The second-order valence-electron chi connectivity index (χ2n) is 4.27. The number of nitrogens with two attached hydrogens (primary N) is 1. The molecule has 5 nitrogen and oxygen atoms in total. The zero-order chi connectivity index (χ0) is 11.7. The Kier molecular flexibility index (Phi) is 3.20. The molecule has 0 aliphatic heterocycles. The lowest BCUT2D eigenvalue weighted by Gasteiger charge is -2.12. The fourth-order valence-electron chi connectivity index (χ4n) is 1.44. The Hall–Kier alpha value is -1.01. The van der Waals surface area contributed by atoms with Gasteiger partial charge in [-0.1, -0.05) is 32.1 Å². The third kappa shape index (κ3) is 2.08. The van der Waals surface area contributed by atoms with E-state index in [2.05, 4.69) is 36.1 Å². The van der Waals surface area contributed by atoms with Gasteiger partial charge < -0.3 is 5.73 Å². The first-order chi connectivity index (χ1) is 7.61. The van der Waals surface area contributed by atoms with Crippen molar-refractivity contribution in [2.24, 2.45) is 11.7 Å². The first-order valence-corrected chi connectivity index (χ1v) is 6.39. The maximum atomic E-state index is 6.03. The molecule has 0 fully saturated rings. The van der Waals surface area contributed by atoms with Gasteiger partial charge in [-0.15, -0.1) is 10.2 Å². The molecule has 0 radical (unpaired) electrons. The predicted molar refractivity (Wildman–Crippen MR) is 64.6 cm³/mol. The maximum Gasteiger partial charge on any atom is 0.234 e. The minimum atomic E-state index is 0.161. The van der Waals surface area contributed by atoms with Gasteiger partial charge in [-0.2, -0.15) is 9.61 Å². The van der Waals surface area contributed by atoms with Crippen LogP contribution in [0.1, 0.15) is 31.6 Å². The van der Waals surface area contributed by atoms with Crippen molar-refractivity contribution in [1.82, 2.24) is 19.8 Å². The quantitative estimate of drug-likeness (QED) is 0.872. The number of aryl methyl sites for hydroxylation is 1. The van der Waals surface area contributed by atoms with E-state index >= 15 is 0 Å². The van der Waals surface area contributed by atoms with Gasteiger partial charge in [0.15, 0.2) is 5.82 Å². The number of aromatic nitrogens is 4. The monoisotopic (exact) mass is 239 g/mol. The zero-order valence-corrected chi connectivity index (χ0v) is 10.7. The lowest BCUT2D eigenvalue weighted by Crippen LogP contribution is -2.28. The normalized spacial score (nSPS) is 13.8. The van der Waals surface area contributed by atoms with E-state index in [1.807, 2.05) is 4.52 Å². The van der Waals surface area contributed by atoms with Gasteiger partial charge in [-0.05, 0) is 5.92 Å². The minimum Gasteiger partial charge on any atom is -0.327 e. The van der Waals surface area contributed by atoms with Crippen molar-refractivity contribution in [3.05, 3.63) is 10.8 Å². The first-order valence-electron chi connectivity index (χ1n) is 5.57. The van der Waals surface area contributed by atoms with Crippen molar-refractivity contribution in [3.8, 4) is 0 Å². The van der Waals surface area contributed by atoms with Crippen LogP contribution in [0.25, 0.3) is 4.96 Å². The average molecular weight is 239 g/mol. The highest BCUT2D eigenvalue weighted by molar-refractivity contribution is 7.16. The van der Waals surface area contributed by atoms with Crippen molar-refractivity contribution in [3.63, 3.8) is 0 Å². The second-order valence-corrected chi connectivity index (χ2v) is 5.31. The number of fused-ring (bicyclic) bond motifs is 1. The van der Waals surface area contributed by atoms with Crippen LogP contribution in [0.3, 0.4) is 0 Å². The standard InChI is InChI=1S/C10H17N5S/c1-4-8-12-13-10-15(8)14-9(16-10)5-7(11)6(2)3/h6-7H,4-5,11H2,1-3H3. The molecule has 6 heteroatoms. The lowest BCUT2D eigenvalue weighted by atomic mass is 10.0.